The number of likely N-dealkylation sites (tertiary alicyclic amines) is 1. The van der Waals surface area contributed by atoms with Crippen molar-refractivity contribution in [2.75, 3.05) is 52.3 Å². The molecule has 8 heteroatoms. The summed E-state index contributed by atoms with van der Waals surface area (Å²) < 4.78 is 5.56. The lowest BCUT2D eigenvalue weighted by Crippen LogP contribution is -2.32. The summed E-state index contributed by atoms with van der Waals surface area (Å²) in [6, 6.07) is 0.217. The summed E-state index contributed by atoms with van der Waals surface area (Å²) in [4.78, 5) is 29.2. The molecule has 3 fully saturated rings. The number of H-pyrrole nitrogens is 1. The van der Waals surface area contributed by atoms with Gasteiger partial charge in [-0.2, -0.15) is 0 Å². The van der Waals surface area contributed by atoms with Crippen LogP contribution in [0.25, 0.3) is 11.0 Å². The second kappa shape index (κ2) is 8.24. The first-order valence-electron chi connectivity index (χ1n) is 11.3. The molecule has 2 aromatic rings. The van der Waals surface area contributed by atoms with Crippen LogP contribution in [-0.2, 0) is 9.53 Å². The van der Waals surface area contributed by atoms with E-state index in [0.717, 1.165) is 68.8 Å². The van der Waals surface area contributed by atoms with E-state index in [1.54, 1.807) is 12.4 Å². The lowest BCUT2D eigenvalue weighted by Gasteiger charge is -2.23. The fourth-order valence-corrected chi connectivity index (χ4v) is 5.06. The number of aromatic amines is 1. The number of hydrogen-bond acceptors (Lipinski definition) is 6. The first-order chi connectivity index (χ1) is 15.1. The lowest BCUT2D eigenvalue weighted by atomic mass is 9.92. The average Bonchev–Trinajstić information content (AvgIpc) is 3.26. The number of nitrogens with one attached hydrogen (secondary N) is 2. The van der Waals surface area contributed by atoms with Crippen molar-refractivity contribution in [1.82, 2.24) is 24.8 Å². The van der Waals surface area contributed by atoms with Crippen molar-refractivity contribution in [2.45, 2.75) is 37.6 Å². The molecule has 2 aliphatic heterocycles. The highest BCUT2D eigenvalue weighted by Crippen LogP contribution is 2.54. The van der Waals surface area contributed by atoms with Gasteiger partial charge in [-0.3, -0.25) is 4.79 Å². The Hall–Kier alpha value is -2.45. The molecule has 166 valence electrons. The summed E-state index contributed by atoms with van der Waals surface area (Å²) in [5.74, 6) is 1.46. The topological polar surface area (TPSA) is 86.4 Å². The van der Waals surface area contributed by atoms with Crippen LogP contribution in [-0.4, -0.2) is 83.6 Å². The molecule has 0 unspecified atom stereocenters. The summed E-state index contributed by atoms with van der Waals surface area (Å²) in [7, 11) is 4.00. The minimum absolute atomic E-state index is 0.106. The van der Waals surface area contributed by atoms with E-state index in [1.807, 2.05) is 30.0 Å². The highest BCUT2D eigenvalue weighted by Gasteiger charge is 2.56. The van der Waals surface area contributed by atoms with Crippen molar-refractivity contribution in [3.05, 3.63) is 30.2 Å². The average molecular weight is 425 g/mol. The van der Waals surface area contributed by atoms with E-state index in [2.05, 4.69) is 26.5 Å². The monoisotopic (exact) mass is 424 g/mol. The second-order valence-electron chi connectivity index (χ2n) is 9.52. The molecule has 3 aliphatic rings. The molecule has 2 saturated heterocycles. The Bertz CT molecular complexity index is 974. The molecule has 1 saturated carbocycles. The van der Waals surface area contributed by atoms with Crippen LogP contribution in [0.4, 0.5) is 5.82 Å². The third-order valence-electron chi connectivity index (χ3n) is 7.06. The Kier molecular flexibility index (Phi) is 5.44. The number of likely N-dealkylation sites (N-methyl/N-ethyl adjacent to an activating group) is 1. The first kappa shape index (κ1) is 20.5. The van der Waals surface area contributed by atoms with E-state index >= 15 is 0 Å². The molecule has 1 amide bonds. The number of carbonyl (C=O) groups excluding carboxylic acids is 1. The van der Waals surface area contributed by atoms with Gasteiger partial charge >= 0.3 is 0 Å². The molecule has 4 heterocycles. The van der Waals surface area contributed by atoms with Gasteiger partial charge in [-0.25, -0.2) is 9.97 Å². The fourth-order valence-electron chi connectivity index (χ4n) is 5.06. The summed E-state index contributed by atoms with van der Waals surface area (Å²) in [6.45, 7) is 3.92. The Morgan fingerprint density at radius 1 is 1.35 bits per heavy atom. The molecule has 1 atom stereocenters. The van der Waals surface area contributed by atoms with Crippen LogP contribution in [0.1, 0.15) is 37.2 Å². The minimum Gasteiger partial charge on any atom is -0.381 e. The van der Waals surface area contributed by atoms with Crippen LogP contribution in [0.5, 0.6) is 0 Å². The zero-order valence-corrected chi connectivity index (χ0v) is 18.4. The summed E-state index contributed by atoms with van der Waals surface area (Å²) in [5, 5.41) is 4.83. The molecule has 0 radical (unpaired) electrons. The van der Waals surface area contributed by atoms with Crippen molar-refractivity contribution < 1.29 is 9.53 Å². The van der Waals surface area contributed by atoms with Gasteiger partial charge in [-0.1, -0.05) is 6.08 Å². The highest BCUT2D eigenvalue weighted by molar-refractivity contribution is 5.91. The van der Waals surface area contributed by atoms with Crippen LogP contribution in [0.15, 0.2) is 24.7 Å². The smallest absolute Gasteiger partial charge is 0.246 e. The number of aromatic nitrogens is 3. The molecule has 8 nitrogen and oxygen atoms in total. The van der Waals surface area contributed by atoms with Gasteiger partial charge in [0.05, 0.1) is 11.4 Å². The molecule has 2 N–H and O–H groups in total. The quantitative estimate of drug-likeness (QED) is 0.693. The van der Waals surface area contributed by atoms with E-state index in [4.69, 9.17) is 4.74 Å². The number of ether oxygens (including phenoxy) is 1. The van der Waals surface area contributed by atoms with Crippen molar-refractivity contribution in [3.63, 3.8) is 0 Å². The Balaban J connectivity index is 1.35. The van der Waals surface area contributed by atoms with Gasteiger partial charge in [0.2, 0.25) is 5.91 Å². The van der Waals surface area contributed by atoms with Crippen LogP contribution >= 0.6 is 0 Å². The number of rotatable bonds is 6. The predicted molar refractivity (Wildman–Crippen MR) is 120 cm³/mol. The van der Waals surface area contributed by atoms with E-state index < -0.39 is 0 Å². The third kappa shape index (κ3) is 4.06. The molecule has 1 aliphatic carbocycles. The standard InChI is InChI=1S/C23H32N6O2/c1-28(2)9-3-4-19(30)29-13-18(23(14-29)7-8-23)27-22-20-17(16-5-10-31-11-6-16)12-24-21(20)25-15-26-22/h3-4,12,15-16,18H,5-11,13-14H2,1-2H3,(H2,24,25,26,27)/b4-3+/t18-/m0/s1. The van der Waals surface area contributed by atoms with E-state index in [0.29, 0.717) is 12.5 Å². The summed E-state index contributed by atoms with van der Waals surface area (Å²) >= 11 is 0. The number of hydrogen-bond donors (Lipinski definition) is 2. The first-order valence-corrected chi connectivity index (χ1v) is 11.3. The zero-order chi connectivity index (χ0) is 21.4. The van der Waals surface area contributed by atoms with Crippen LogP contribution in [0.2, 0.25) is 0 Å². The molecule has 5 rings (SSSR count). The van der Waals surface area contributed by atoms with Crippen molar-refractivity contribution in [3.8, 4) is 0 Å². The number of nitrogens with zero attached hydrogens (tertiary/aromatic N) is 4. The Labute approximate surface area is 183 Å². The summed E-state index contributed by atoms with van der Waals surface area (Å²) in [6.07, 6.45) is 11.7. The molecule has 31 heavy (non-hydrogen) atoms. The van der Waals surface area contributed by atoms with Gasteiger partial charge in [0.15, 0.2) is 0 Å². The lowest BCUT2D eigenvalue weighted by molar-refractivity contribution is -0.125. The fraction of sp³-hybridized carbons (Fsp3) is 0.609. The van der Waals surface area contributed by atoms with Gasteiger partial charge < -0.3 is 24.8 Å². The molecule has 2 aromatic heterocycles. The van der Waals surface area contributed by atoms with E-state index in [9.17, 15) is 4.79 Å². The van der Waals surface area contributed by atoms with Gasteiger partial charge in [-0.15, -0.1) is 0 Å². The molecule has 1 spiro atoms. The van der Waals surface area contributed by atoms with Crippen LogP contribution < -0.4 is 5.32 Å². The minimum atomic E-state index is 0.106. The zero-order valence-electron chi connectivity index (χ0n) is 18.4. The maximum absolute atomic E-state index is 12.7. The number of carbonyl (C=O) groups is 1. The maximum Gasteiger partial charge on any atom is 0.246 e. The van der Waals surface area contributed by atoms with Crippen molar-refractivity contribution in [2.24, 2.45) is 5.41 Å². The predicted octanol–water partition coefficient (Wildman–Crippen LogP) is 2.37. The van der Waals surface area contributed by atoms with E-state index in [-0.39, 0.29) is 17.4 Å². The molecule has 0 bridgehead atoms. The number of amides is 1. The molecular weight excluding hydrogens is 392 g/mol. The van der Waals surface area contributed by atoms with E-state index in [1.165, 1.54) is 5.56 Å². The van der Waals surface area contributed by atoms with Crippen LogP contribution in [0.3, 0.4) is 0 Å². The van der Waals surface area contributed by atoms with Crippen molar-refractivity contribution >= 4 is 22.8 Å². The van der Waals surface area contributed by atoms with Gasteiger partial charge in [0.1, 0.15) is 17.8 Å². The molecule has 0 aromatic carbocycles. The van der Waals surface area contributed by atoms with Gasteiger partial charge in [0.25, 0.3) is 0 Å². The normalized spacial score (nSPS) is 23.5. The third-order valence-corrected chi connectivity index (χ3v) is 7.06. The summed E-state index contributed by atoms with van der Waals surface area (Å²) in [5.41, 5.74) is 2.34. The Morgan fingerprint density at radius 3 is 2.90 bits per heavy atom. The largest absolute Gasteiger partial charge is 0.381 e. The molecular formula is C23H32N6O2. The highest BCUT2D eigenvalue weighted by atomic mass is 16.5. The van der Waals surface area contributed by atoms with Gasteiger partial charge in [0, 0.05) is 50.5 Å². The Morgan fingerprint density at radius 2 is 2.16 bits per heavy atom. The van der Waals surface area contributed by atoms with Crippen molar-refractivity contribution in [1.29, 1.82) is 0 Å². The number of anilines is 1. The second-order valence-corrected chi connectivity index (χ2v) is 9.52. The van der Waals surface area contributed by atoms with Gasteiger partial charge in [-0.05, 0) is 51.3 Å². The van der Waals surface area contributed by atoms with Crippen LogP contribution in [0, 0.1) is 5.41 Å². The maximum atomic E-state index is 12.7. The SMILES string of the molecule is CN(C)C/C=C/C(=O)N1C[C@H](Nc2ncnc3[nH]cc(C4CCOCC4)c23)C2(CC2)C1. The number of fused-ring (bicyclic) bond motifs is 1.